The lowest BCUT2D eigenvalue weighted by Gasteiger charge is -2.34. The highest BCUT2D eigenvalue weighted by Crippen LogP contribution is 2.26. The van der Waals surface area contributed by atoms with Gasteiger partial charge in [-0.15, -0.1) is 0 Å². The van der Waals surface area contributed by atoms with E-state index >= 15 is 0 Å². The third kappa shape index (κ3) is 4.95. The van der Waals surface area contributed by atoms with E-state index in [-0.39, 0.29) is 6.03 Å². The summed E-state index contributed by atoms with van der Waals surface area (Å²) in [6, 6.07) is 14.8. The molecule has 7 nitrogen and oxygen atoms in total. The van der Waals surface area contributed by atoms with Crippen LogP contribution in [0.25, 0.3) is 11.5 Å². The third-order valence-electron chi connectivity index (χ3n) is 4.69. The molecule has 0 spiro atoms. The van der Waals surface area contributed by atoms with Crippen molar-refractivity contribution in [1.82, 2.24) is 19.9 Å². The number of rotatable bonds is 4. The minimum atomic E-state index is -0.0902. The summed E-state index contributed by atoms with van der Waals surface area (Å²) in [5.41, 5.74) is 1.50. The van der Waals surface area contributed by atoms with Crippen molar-refractivity contribution in [3.63, 3.8) is 0 Å². The average Bonchev–Trinajstić information content (AvgIpc) is 3.19. The molecule has 1 saturated heterocycles. The third-order valence-corrected chi connectivity index (χ3v) is 5.55. The van der Waals surface area contributed by atoms with Crippen LogP contribution in [0, 0.1) is 0 Å². The van der Waals surface area contributed by atoms with Gasteiger partial charge in [0, 0.05) is 36.3 Å². The van der Waals surface area contributed by atoms with Crippen molar-refractivity contribution in [3.8, 4) is 11.5 Å². The maximum absolute atomic E-state index is 12.4. The summed E-state index contributed by atoms with van der Waals surface area (Å²) in [6.07, 6.45) is 0. The standard InChI is InChI=1S/C20H19BrClN5O2/c21-14-5-7-15(8-6-14)23-20(28)27-11-9-26(10-12-27)13-18-24-19(29-25-18)16-3-1-2-4-17(16)22/h1-8H,9-13H2,(H,23,28). The second-order valence-electron chi connectivity index (χ2n) is 6.70. The summed E-state index contributed by atoms with van der Waals surface area (Å²) < 4.78 is 6.33. The maximum Gasteiger partial charge on any atom is 0.321 e. The van der Waals surface area contributed by atoms with Crippen LogP contribution in [0.3, 0.4) is 0 Å². The Hall–Kier alpha value is -2.42. The summed E-state index contributed by atoms with van der Waals surface area (Å²) in [5, 5.41) is 7.56. The minimum absolute atomic E-state index is 0.0902. The van der Waals surface area contributed by atoms with Crippen LogP contribution in [-0.2, 0) is 6.54 Å². The molecule has 2 heterocycles. The van der Waals surface area contributed by atoms with E-state index in [9.17, 15) is 4.79 Å². The number of benzene rings is 2. The molecule has 0 bridgehead atoms. The zero-order valence-corrected chi connectivity index (χ0v) is 17.9. The van der Waals surface area contributed by atoms with E-state index in [1.807, 2.05) is 47.4 Å². The first-order chi connectivity index (χ1) is 14.1. The van der Waals surface area contributed by atoms with Crippen LogP contribution >= 0.6 is 27.5 Å². The molecule has 1 aliphatic rings. The zero-order valence-electron chi connectivity index (χ0n) is 15.5. The topological polar surface area (TPSA) is 74.5 Å². The summed E-state index contributed by atoms with van der Waals surface area (Å²) in [7, 11) is 0. The fourth-order valence-corrected chi connectivity index (χ4v) is 3.59. The number of hydrogen-bond donors (Lipinski definition) is 1. The van der Waals surface area contributed by atoms with Crippen LogP contribution in [0.2, 0.25) is 5.02 Å². The van der Waals surface area contributed by atoms with Crippen molar-refractivity contribution in [1.29, 1.82) is 0 Å². The SMILES string of the molecule is O=C(Nc1ccc(Br)cc1)N1CCN(Cc2noc(-c3ccccc3Cl)n2)CC1. The fraction of sp³-hybridized carbons (Fsp3) is 0.250. The molecule has 1 aromatic heterocycles. The minimum Gasteiger partial charge on any atom is -0.334 e. The molecule has 1 fully saturated rings. The number of nitrogens with one attached hydrogen (secondary N) is 1. The van der Waals surface area contributed by atoms with E-state index in [1.54, 1.807) is 6.07 Å². The van der Waals surface area contributed by atoms with E-state index in [2.05, 4.69) is 36.3 Å². The van der Waals surface area contributed by atoms with Crippen molar-refractivity contribution in [3.05, 3.63) is 63.9 Å². The highest BCUT2D eigenvalue weighted by Gasteiger charge is 2.23. The number of aromatic nitrogens is 2. The Morgan fingerprint density at radius 1 is 1.10 bits per heavy atom. The van der Waals surface area contributed by atoms with Crippen LogP contribution in [0.5, 0.6) is 0 Å². The normalized spacial score (nSPS) is 14.8. The smallest absolute Gasteiger partial charge is 0.321 e. The average molecular weight is 477 g/mol. The van der Waals surface area contributed by atoms with Crippen LogP contribution in [0.1, 0.15) is 5.82 Å². The predicted molar refractivity (Wildman–Crippen MR) is 115 cm³/mol. The van der Waals surface area contributed by atoms with Gasteiger partial charge in [-0.1, -0.05) is 44.8 Å². The van der Waals surface area contributed by atoms with Gasteiger partial charge in [0.15, 0.2) is 5.82 Å². The van der Waals surface area contributed by atoms with Gasteiger partial charge in [0.1, 0.15) is 0 Å². The molecular weight excluding hydrogens is 458 g/mol. The molecule has 9 heteroatoms. The Bertz CT molecular complexity index is 987. The second kappa shape index (κ2) is 8.94. The Kier molecular flexibility index (Phi) is 6.13. The van der Waals surface area contributed by atoms with Crippen molar-refractivity contribution in [2.24, 2.45) is 0 Å². The van der Waals surface area contributed by atoms with Gasteiger partial charge in [0.2, 0.25) is 0 Å². The molecular formula is C20H19BrClN5O2. The number of halogens is 2. The molecule has 0 saturated carbocycles. The first kappa shape index (κ1) is 19.9. The largest absolute Gasteiger partial charge is 0.334 e. The fourth-order valence-electron chi connectivity index (χ4n) is 3.11. The first-order valence-electron chi connectivity index (χ1n) is 9.20. The van der Waals surface area contributed by atoms with Gasteiger partial charge in [-0.3, -0.25) is 4.90 Å². The Morgan fingerprint density at radius 2 is 1.83 bits per heavy atom. The lowest BCUT2D eigenvalue weighted by molar-refractivity contribution is 0.140. The lowest BCUT2D eigenvalue weighted by atomic mass is 10.2. The molecule has 0 aliphatic carbocycles. The highest BCUT2D eigenvalue weighted by molar-refractivity contribution is 9.10. The number of amides is 2. The predicted octanol–water partition coefficient (Wildman–Crippen LogP) is 4.50. The van der Waals surface area contributed by atoms with Gasteiger partial charge < -0.3 is 14.7 Å². The van der Waals surface area contributed by atoms with Crippen molar-refractivity contribution in [2.45, 2.75) is 6.54 Å². The number of hydrogen-bond acceptors (Lipinski definition) is 5. The van der Waals surface area contributed by atoms with E-state index in [1.165, 1.54) is 0 Å². The Morgan fingerprint density at radius 3 is 2.55 bits per heavy atom. The van der Waals surface area contributed by atoms with Gasteiger partial charge in [-0.2, -0.15) is 4.98 Å². The molecule has 29 heavy (non-hydrogen) atoms. The number of nitrogens with zero attached hydrogens (tertiary/aromatic N) is 4. The monoisotopic (exact) mass is 475 g/mol. The van der Waals surface area contributed by atoms with Gasteiger partial charge >= 0.3 is 6.03 Å². The van der Waals surface area contributed by atoms with Crippen LogP contribution in [-0.4, -0.2) is 52.2 Å². The Balaban J connectivity index is 1.29. The number of anilines is 1. The van der Waals surface area contributed by atoms with E-state index in [0.29, 0.717) is 36.4 Å². The maximum atomic E-state index is 12.4. The molecule has 0 radical (unpaired) electrons. The number of carbonyl (C=O) groups is 1. The van der Waals surface area contributed by atoms with Crippen LogP contribution < -0.4 is 5.32 Å². The molecule has 4 rings (SSSR count). The van der Waals surface area contributed by atoms with Crippen LogP contribution in [0.15, 0.2) is 57.5 Å². The molecule has 2 aromatic carbocycles. The summed E-state index contributed by atoms with van der Waals surface area (Å²) in [5.74, 6) is 1.02. The summed E-state index contributed by atoms with van der Waals surface area (Å²) >= 11 is 9.58. The van der Waals surface area contributed by atoms with Crippen molar-refractivity contribution < 1.29 is 9.32 Å². The van der Waals surface area contributed by atoms with E-state index < -0.39 is 0 Å². The Labute approximate surface area is 181 Å². The molecule has 1 aliphatic heterocycles. The number of piperazine rings is 1. The van der Waals surface area contributed by atoms with E-state index in [0.717, 1.165) is 28.8 Å². The quantitative estimate of drug-likeness (QED) is 0.600. The molecule has 0 atom stereocenters. The van der Waals surface area contributed by atoms with Crippen LogP contribution in [0.4, 0.5) is 10.5 Å². The summed E-state index contributed by atoms with van der Waals surface area (Å²) in [4.78, 5) is 20.9. The van der Waals surface area contributed by atoms with Gasteiger partial charge in [-0.05, 0) is 36.4 Å². The van der Waals surface area contributed by atoms with E-state index in [4.69, 9.17) is 16.1 Å². The molecule has 150 valence electrons. The number of carbonyl (C=O) groups excluding carboxylic acids is 1. The zero-order chi connectivity index (χ0) is 20.2. The molecule has 1 N–H and O–H groups in total. The van der Waals surface area contributed by atoms with Gasteiger partial charge in [0.05, 0.1) is 17.1 Å². The first-order valence-corrected chi connectivity index (χ1v) is 10.4. The van der Waals surface area contributed by atoms with Crippen molar-refractivity contribution in [2.75, 3.05) is 31.5 Å². The van der Waals surface area contributed by atoms with Gasteiger partial charge in [0.25, 0.3) is 5.89 Å². The highest BCUT2D eigenvalue weighted by atomic mass is 79.9. The van der Waals surface area contributed by atoms with Crippen molar-refractivity contribution >= 4 is 39.2 Å². The summed E-state index contributed by atoms with van der Waals surface area (Å²) in [6.45, 7) is 3.32. The second-order valence-corrected chi connectivity index (χ2v) is 8.02. The lowest BCUT2D eigenvalue weighted by Crippen LogP contribution is -2.49. The molecule has 2 amide bonds. The number of urea groups is 1. The molecule has 0 unspecified atom stereocenters. The molecule has 3 aromatic rings. The van der Waals surface area contributed by atoms with Gasteiger partial charge in [-0.25, -0.2) is 4.79 Å².